The van der Waals surface area contributed by atoms with Gasteiger partial charge in [-0.25, -0.2) is 0 Å². The Morgan fingerprint density at radius 3 is 2.26 bits per heavy atom. The Hall–Kier alpha value is -2.88. The van der Waals surface area contributed by atoms with Crippen LogP contribution in [-0.4, -0.2) is 17.9 Å². The van der Waals surface area contributed by atoms with Gasteiger partial charge < -0.3 is 10.6 Å². The van der Waals surface area contributed by atoms with Crippen LogP contribution in [-0.2, 0) is 16.1 Å². The molecule has 0 saturated carbocycles. The summed E-state index contributed by atoms with van der Waals surface area (Å²) in [7, 11) is 0. The molecule has 4 heteroatoms. The molecule has 0 spiro atoms. The van der Waals surface area contributed by atoms with Gasteiger partial charge in [0.25, 0.3) is 0 Å². The summed E-state index contributed by atoms with van der Waals surface area (Å²) in [6, 6.07) is 18.6. The predicted octanol–water partition coefficient (Wildman–Crippen LogP) is 2.52. The molecule has 0 radical (unpaired) electrons. The topological polar surface area (TPSA) is 58.2 Å². The van der Waals surface area contributed by atoms with Gasteiger partial charge >= 0.3 is 0 Å². The Balaban J connectivity index is 1.78. The monoisotopic (exact) mass is 308 g/mol. The molecule has 0 heterocycles. The molecule has 2 N–H and O–H groups in total. The van der Waals surface area contributed by atoms with Crippen LogP contribution in [0.1, 0.15) is 18.1 Å². The highest BCUT2D eigenvalue weighted by Crippen LogP contribution is 2.01. The van der Waals surface area contributed by atoms with Crippen LogP contribution < -0.4 is 10.6 Å². The summed E-state index contributed by atoms with van der Waals surface area (Å²) in [5.74, 6) is -0.508. The van der Waals surface area contributed by atoms with Crippen LogP contribution in [0.2, 0.25) is 0 Å². The van der Waals surface area contributed by atoms with E-state index in [1.165, 1.54) is 6.08 Å². The predicted molar refractivity (Wildman–Crippen MR) is 91.4 cm³/mol. The van der Waals surface area contributed by atoms with Gasteiger partial charge in [-0.15, -0.1) is 0 Å². The van der Waals surface area contributed by atoms with Gasteiger partial charge in [-0.3, -0.25) is 9.59 Å². The minimum absolute atomic E-state index is 0.213. The second-order valence-corrected chi connectivity index (χ2v) is 5.18. The molecule has 1 unspecified atom stereocenters. The zero-order chi connectivity index (χ0) is 16.5. The van der Waals surface area contributed by atoms with E-state index in [4.69, 9.17) is 0 Å². The van der Waals surface area contributed by atoms with Crippen molar-refractivity contribution in [2.45, 2.75) is 19.5 Å². The number of rotatable bonds is 6. The lowest BCUT2D eigenvalue weighted by Gasteiger charge is -2.13. The third-order valence-electron chi connectivity index (χ3n) is 3.29. The van der Waals surface area contributed by atoms with Crippen molar-refractivity contribution in [2.24, 2.45) is 0 Å². The number of nitrogens with one attached hydrogen (secondary N) is 2. The van der Waals surface area contributed by atoms with E-state index in [2.05, 4.69) is 10.6 Å². The van der Waals surface area contributed by atoms with E-state index in [9.17, 15) is 9.59 Å². The van der Waals surface area contributed by atoms with Crippen molar-refractivity contribution in [2.75, 3.05) is 0 Å². The number of carbonyl (C=O) groups excluding carboxylic acids is 2. The maximum Gasteiger partial charge on any atom is 0.244 e. The standard InChI is InChI=1S/C19H20N2O2/c1-15(19(23)20-14-17-10-6-3-7-11-17)21-18(22)13-12-16-8-4-2-5-9-16/h2-13,15H,14H2,1H3,(H,20,23)(H,21,22). The lowest BCUT2D eigenvalue weighted by molar-refractivity contribution is -0.126. The summed E-state index contributed by atoms with van der Waals surface area (Å²) in [4.78, 5) is 23.8. The average Bonchev–Trinajstić information content (AvgIpc) is 2.59. The molecule has 118 valence electrons. The van der Waals surface area contributed by atoms with Crippen molar-refractivity contribution < 1.29 is 9.59 Å². The normalized spacial score (nSPS) is 11.9. The SMILES string of the molecule is CC(NC(=O)C=Cc1ccccc1)C(=O)NCc1ccccc1. The highest BCUT2D eigenvalue weighted by atomic mass is 16.2. The molecule has 0 aliphatic rings. The molecule has 0 aromatic heterocycles. The second kappa shape index (κ2) is 8.54. The van der Waals surface area contributed by atoms with Gasteiger partial charge in [0.1, 0.15) is 6.04 Å². The third-order valence-corrected chi connectivity index (χ3v) is 3.29. The van der Waals surface area contributed by atoms with E-state index in [0.717, 1.165) is 11.1 Å². The minimum Gasteiger partial charge on any atom is -0.350 e. The molecule has 23 heavy (non-hydrogen) atoms. The highest BCUT2D eigenvalue weighted by molar-refractivity contribution is 5.95. The molecule has 0 aliphatic heterocycles. The maximum absolute atomic E-state index is 12.0. The van der Waals surface area contributed by atoms with Gasteiger partial charge in [-0.2, -0.15) is 0 Å². The van der Waals surface area contributed by atoms with Gasteiger partial charge in [0.05, 0.1) is 0 Å². The van der Waals surface area contributed by atoms with Gasteiger partial charge in [0.2, 0.25) is 11.8 Å². The van der Waals surface area contributed by atoms with Crippen LogP contribution in [0.15, 0.2) is 66.7 Å². The fourth-order valence-electron chi connectivity index (χ4n) is 2.00. The van der Waals surface area contributed by atoms with E-state index in [1.807, 2.05) is 60.7 Å². The third kappa shape index (κ3) is 5.79. The number of carbonyl (C=O) groups is 2. The fraction of sp³-hybridized carbons (Fsp3) is 0.158. The smallest absolute Gasteiger partial charge is 0.244 e. The first-order valence-electron chi connectivity index (χ1n) is 7.50. The van der Waals surface area contributed by atoms with Crippen LogP contribution in [0.4, 0.5) is 0 Å². The molecule has 4 nitrogen and oxygen atoms in total. The Bertz CT molecular complexity index is 666. The molecule has 2 aromatic carbocycles. The Kier molecular flexibility index (Phi) is 6.12. The molecule has 0 bridgehead atoms. The molecule has 2 rings (SSSR count). The summed E-state index contributed by atoms with van der Waals surface area (Å²) in [6.45, 7) is 2.11. The van der Waals surface area contributed by atoms with Crippen LogP contribution in [0, 0.1) is 0 Å². The van der Waals surface area contributed by atoms with Crippen molar-refractivity contribution in [1.29, 1.82) is 0 Å². The van der Waals surface area contributed by atoms with Crippen molar-refractivity contribution in [1.82, 2.24) is 10.6 Å². The number of hydrogen-bond acceptors (Lipinski definition) is 2. The first-order valence-corrected chi connectivity index (χ1v) is 7.50. The van der Waals surface area contributed by atoms with E-state index in [0.29, 0.717) is 6.54 Å². The van der Waals surface area contributed by atoms with Gasteiger partial charge in [-0.1, -0.05) is 60.7 Å². The summed E-state index contributed by atoms with van der Waals surface area (Å²) in [5, 5.41) is 5.45. The lowest BCUT2D eigenvalue weighted by atomic mass is 10.2. The number of benzene rings is 2. The van der Waals surface area contributed by atoms with E-state index in [-0.39, 0.29) is 11.8 Å². The van der Waals surface area contributed by atoms with Crippen LogP contribution >= 0.6 is 0 Å². The molecule has 0 fully saturated rings. The molecular formula is C19H20N2O2. The fourth-order valence-corrected chi connectivity index (χ4v) is 2.00. The Labute approximate surface area is 136 Å². The van der Waals surface area contributed by atoms with E-state index < -0.39 is 6.04 Å². The van der Waals surface area contributed by atoms with Gasteiger partial charge in [-0.05, 0) is 24.1 Å². The molecule has 0 aliphatic carbocycles. The first-order chi connectivity index (χ1) is 11.1. The van der Waals surface area contributed by atoms with Gasteiger partial charge in [0.15, 0.2) is 0 Å². The Morgan fingerprint density at radius 2 is 1.61 bits per heavy atom. The summed E-state index contributed by atoms with van der Waals surface area (Å²) in [6.07, 6.45) is 3.14. The quantitative estimate of drug-likeness (QED) is 0.806. The van der Waals surface area contributed by atoms with E-state index >= 15 is 0 Å². The zero-order valence-electron chi connectivity index (χ0n) is 13.0. The Morgan fingerprint density at radius 1 is 1.00 bits per heavy atom. The highest BCUT2D eigenvalue weighted by Gasteiger charge is 2.13. The maximum atomic E-state index is 12.0. The van der Waals surface area contributed by atoms with Crippen molar-refractivity contribution in [3.05, 3.63) is 77.9 Å². The van der Waals surface area contributed by atoms with Crippen molar-refractivity contribution >= 4 is 17.9 Å². The van der Waals surface area contributed by atoms with E-state index in [1.54, 1.807) is 13.0 Å². The summed E-state index contributed by atoms with van der Waals surface area (Å²) < 4.78 is 0. The molecule has 2 aromatic rings. The minimum atomic E-state index is -0.591. The lowest BCUT2D eigenvalue weighted by Crippen LogP contribution is -2.44. The summed E-state index contributed by atoms with van der Waals surface area (Å²) >= 11 is 0. The number of amides is 2. The van der Waals surface area contributed by atoms with Crippen LogP contribution in [0.5, 0.6) is 0 Å². The first kappa shape index (κ1) is 16.5. The average molecular weight is 308 g/mol. The number of hydrogen-bond donors (Lipinski definition) is 2. The molecule has 1 atom stereocenters. The van der Waals surface area contributed by atoms with Crippen molar-refractivity contribution in [3.8, 4) is 0 Å². The second-order valence-electron chi connectivity index (χ2n) is 5.18. The summed E-state index contributed by atoms with van der Waals surface area (Å²) in [5.41, 5.74) is 1.95. The van der Waals surface area contributed by atoms with Crippen LogP contribution in [0.25, 0.3) is 6.08 Å². The largest absolute Gasteiger partial charge is 0.350 e. The molecule has 2 amide bonds. The van der Waals surface area contributed by atoms with Gasteiger partial charge in [0, 0.05) is 12.6 Å². The van der Waals surface area contributed by atoms with Crippen LogP contribution in [0.3, 0.4) is 0 Å². The van der Waals surface area contributed by atoms with Crippen molar-refractivity contribution in [3.63, 3.8) is 0 Å². The molecule has 0 saturated heterocycles. The zero-order valence-corrected chi connectivity index (χ0v) is 13.0. The molecular weight excluding hydrogens is 288 g/mol.